The first kappa shape index (κ1) is 14.7. The highest BCUT2D eigenvalue weighted by atomic mass is 15.2. The molecule has 2 rings (SSSR count). The largest absolute Gasteiger partial charge is 0.357 e. The van der Waals surface area contributed by atoms with Gasteiger partial charge in [-0.3, -0.25) is 4.99 Å². The summed E-state index contributed by atoms with van der Waals surface area (Å²) in [5.41, 5.74) is 2.87. The molecule has 0 fully saturated rings. The molecule has 4 heteroatoms. The van der Waals surface area contributed by atoms with Crippen molar-refractivity contribution in [1.29, 1.82) is 0 Å². The number of hydrogen-bond acceptors (Lipinski definition) is 1. The lowest BCUT2D eigenvalue weighted by atomic mass is 9.97. The van der Waals surface area contributed by atoms with Crippen LogP contribution < -0.4 is 10.6 Å². The average molecular weight is 274 g/mol. The summed E-state index contributed by atoms with van der Waals surface area (Å²) in [6.45, 7) is 1.77. The van der Waals surface area contributed by atoms with E-state index in [9.17, 15) is 0 Å². The summed E-state index contributed by atoms with van der Waals surface area (Å²) in [5.74, 6) is 0.880. The topological polar surface area (TPSA) is 41.4 Å². The highest BCUT2D eigenvalue weighted by Gasteiger charge is 2.04. The minimum Gasteiger partial charge on any atom is -0.357 e. The van der Waals surface area contributed by atoms with E-state index in [1.165, 1.54) is 31.2 Å². The number of nitrogens with zero attached hydrogens (tertiary/aromatic N) is 2. The molecule has 1 aromatic heterocycles. The van der Waals surface area contributed by atoms with Gasteiger partial charge in [0.15, 0.2) is 5.96 Å². The predicted octanol–water partition coefficient (Wildman–Crippen LogP) is 2.58. The Hall–Kier alpha value is -1.71. The van der Waals surface area contributed by atoms with E-state index in [1.807, 2.05) is 14.1 Å². The third-order valence-electron chi connectivity index (χ3n) is 3.70. The second-order valence-corrected chi connectivity index (χ2v) is 5.40. The molecule has 1 aliphatic rings. The molecule has 0 spiro atoms. The van der Waals surface area contributed by atoms with E-state index in [0.29, 0.717) is 0 Å². The Bertz CT molecular complexity index is 471. The summed E-state index contributed by atoms with van der Waals surface area (Å²) in [6, 6.07) is 2.12. The zero-order chi connectivity index (χ0) is 14.2. The monoisotopic (exact) mass is 274 g/mol. The van der Waals surface area contributed by atoms with E-state index >= 15 is 0 Å². The molecule has 1 heterocycles. The highest BCUT2D eigenvalue weighted by Crippen LogP contribution is 2.19. The number of hydrogen-bond donors (Lipinski definition) is 2. The molecule has 0 saturated carbocycles. The van der Waals surface area contributed by atoms with Gasteiger partial charge in [-0.25, -0.2) is 0 Å². The van der Waals surface area contributed by atoms with Crippen LogP contribution in [-0.4, -0.2) is 24.1 Å². The van der Waals surface area contributed by atoms with Crippen LogP contribution >= 0.6 is 0 Å². The SMILES string of the molecule is CN=C(NCCC1=CCCCC1)NCc1ccn(C)c1. The zero-order valence-corrected chi connectivity index (χ0v) is 12.7. The molecule has 0 radical (unpaired) electrons. The lowest BCUT2D eigenvalue weighted by Gasteiger charge is -2.15. The van der Waals surface area contributed by atoms with Gasteiger partial charge >= 0.3 is 0 Å². The van der Waals surface area contributed by atoms with Crippen LogP contribution in [0.3, 0.4) is 0 Å². The van der Waals surface area contributed by atoms with Gasteiger partial charge in [-0.1, -0.05) is 11.6 Å². The van der Waals surface area contributed by atoms with Gasteiger partial charge in [0.2, 0.25) is 0 Å². The molecule has 0 amide bonds. The smallest absolute Gasteiger partial charge is 0.191 e. The third kappa shape index (κ3) is 4.76. The molecule has 0 atom stereocenters. The molecule has 2 N–H and O–H groups in total. The molecular weight excluding hydrogens is 248 g/mol. The Morgan fingerprint density at radius 2 is 2.25 bits per heavy atom. The van der Waals surface area contributed by atoms with Gasteiger partial charge in [-0.2, -0.15) is 0 Å². The first-order valence-electron chi connectivity index (χ1n) is 7.51. The number of aliphatic imine (C=N–C) groups is 1. The molecule has 4 nitrogen and oxygen atoms in total. The number of nitrogens with one attached hydrogen (secondary N) is 2. The van der Waals surface area contributed by atoms with Gasteiger partial charge in [0.25, 0.3) is 0 Å². The lowest BCUT2D eigenvalue weighted by Crippen LogP contribution is -2.37. The number of aromatic nitrogens is 1. The third-order valence-corrected chi connectivity index (χ3v) is 3.70. The summed E-state index contributed by atoms with van der Waals surface area (Å²) < 4.78 is 2.06. The van der Waals surface area contributed by atoms with Crippen molar-refractivity contribution in [2.45, 2.75) is 38.6 Å². The summed E-state index contributed by atoms with van der Waals surface area (Å²) in [4.78, 5) is 4.26. The Morgan fingerprint density at radius 3 is 2.90 bits per heavy atom. The van der Waals surface area contributed by atoms with Gasteiger partial charge in [0.1, 0.15) is 0 Å². The molecule has 1 aliphatic carbocycles. The van der Waals surface area contributed by atoms with Crippen LogP contribution in [0.4, 0.5) is 0 Å². The lowest BCUT2D eigenvalue weighted by molar-refractivity contribution is 0.665. The van der Waals surface area contributed by atoms with Gasteiger partial charge < -0.3 is 15.2 Å². The molecule has 0 aromatic carbocycles. The summed E-state index contributed by atoms with van der Waals surface area (Å²) in [6.07, 6.45) is 13.0. The van der Waals surface area contributed by atoms with E-state index in [1.54, 1.807) is 5.57 Å². The standard InChI is InChI=1S/C16H26N4/c1-17-16(19-12-15-9-11-20(2)13-15)18-10-8-14-6-4-3-5-7-14/h6,9,11,13H,3-5,7-8,10,12H2,1-2H3,(H2,17,18,19). The first-order valence-corrected chi connectivity index (χ1v) is 7.51. The first-order chi connectivity index (χ1) is 9.78. The number of guanidine groups is 1. The van der Waals surface area contributed by atoms with Crippen LogP contribution in [-0.2, 0) is 13.6 Å². The van der Waals surface area contributed by atoms with Crippen LogP contribution in [0.2, 0.25) is 0 Å². The van der Waals surface area contributed by atoms with Crippen molar-refractivity contribution >= 4 is 5.96 Å². The van der Waals surface area contributed by atoms with Crippen LogP contribution in [0.25, 0.3) is 0 Å². The second kappa shape index (κ2) is 7.78. The van der Waals surface area contributed by atoms with Crippen molar-refractivity contribution in [3.05, 3.63) is 35.7 Å². The Balaban J connectivity index is 1.68. The normalized spacial score (nSPS) is 15.9. The summed E-state index contributed by atoms with van der Waals surface area (Å²) in [7, 11) is 3.86. The Labute approximate surface area is 122 Å². The van der Waals surface area contributed by atoms with Gasteiger partial charge in [-0.15, -0.1) is 0 Å². The maximum Gasteiger partial charge on any atom is 0.191 e. The molecule has 1 aromatic rings. The zero-order valence-electron chi connectivity index (χ0n) is 12.7. The Morgan fingerprint density at radius 1 is 1.35 bits per heavy atom. The van der Waals surface area contributed by atoms with Gasteiger partial charge in [0, 0.05) is 39.6 Å². The Kier molecular flexibility index (Phi) is 5.71. The molecule has 0 bridgehead atoms. The van der Waals surface area contributed by atoms with Crippen molar-refractivity contribution in [3.8, 4) is 0 Å². The van der Waals surface area contributed by atoms with Crippen molar-refractivity contribution < 1.29 is 0 Å². The van der Waals surface area contributed by atoms with Crippen molar-refractivity contribution in [3.63, 3.8) is 0 Å². The fourth-order valence-corrected chi connectivity index (χ4v) is 2.55. The van der Waals surface area contributed by atoms with E-state index in [0.717, 1.165) is 25.5 Å². The maximum absolute atomic E-state index is 4.26. The van der Waals surface area contributed by atoms with E-state index in [2.05, 4.69) is 44.7 Å². The summed E-state index contributed by atoms with van der Waals surface area (Å²) >= 11 is 0. The van der Waals surface area contributed by atoms with Gasteiger partial charge in [0.05, 0.1) is 0 Å². The molecule has 110 valence electrons. The maximum atomic E-state index is 4.26. The second-order valence-electron chi connectivity index (χ2n) is 5.40. The fourth-order valence-electron chi connectivity index (χ4n) is 2.55. The fraction of sp³-hybridized carbons (Fsp3) is 0.562. The number of rotatable bonds is 5. The highest BCUT2D eigenvalue weighted by molar-refractivity contribution is 5.79. The predicted molar refractivity (Wildman–Crippen MR) is 84.8 cm³/mol. The van der Waals surface area contributed by atoms with E-state index in [-0.39, 0.29) is 0 Å². The van der Waals surface area contributed by atoms with Crippen LogP contribution in [0.5, 0.6) is 0 Å². The van der Waals surface area contributed by atoms with E-state index in [4.69, 9.17) is 0 Å². The van der Waals surface area contributed by atoms with Crippen molar-refractivity contribution in [2.75, 3.05) is 13.6 Å². The molecule has 0 aliphatic heterocycles. The van der Waals surface area contributed by atoms with Crippen molar-refractivity contribution in [1.82, 2.24) is 15.2 Å². The van der Waals surface area contributed by atoms with Crippen LogP contribution in [0, 0.1) is 0 Å². The molecule has 0 saturated heterocycles. The molecular formula is C16H26N4. The molecule has 0 unspecified atom stereocenters. The van der Waals surface area contributed by atoms with Crippen LogP contribution in [0.1, 0.15) is 37.7 Å². The van der Waals surface area contributed by atoms with E-state index < -0.39 is 0 Å². The average Bonchev–Trinajstić information content (AvgIpc) is 2.89. The molecule has 20 heavy (non-hydrogen) atoms. The minimum absolute atomic E-state index is 0.809. The number of aryl methyl sites for hydroxylation is 1. The summed E-state index contributed by atoms with van der Waals surface area (Å²) in [5, 5.41) is 6.73. The van der Waals surface area contributed by atoms with Crippen LogP contribution in [0.15, 0.2) is 35.1 Å². The van der Waals surface area contributed by atoms with Crippen molar-refractivity contribution in [2.24, 2.45) is 12.0 Å². The quantitative estimate of drug-likeness (QED) is 0.492. The number of allylic oxidation sites excluding steroid dienone is 1. The van der Waals surface area contributed by atoms with Gasteiger partial charge in [-0.05, 0) is 43.7 Å². The minimum atomic E-state index is 0.809.